The highest BCUT2D eigenvalue weighted by Crippen LogP contribution is 2.39. The van der Waals surface area contributed by atoms with E-state index >= 15 is 0 Å². The third kappa shape index (κ3) is 10.8. The number of non-ortho nitro benzene ring substituents is 1. The van der Waals surface area contributed by atoms with Crippen molar-refractivity contribution < 1.29 is 71.5 Å². The number of hydrogen-bond donors (Lipinski definition) is 2. The minimum Gasteiger partial charge on any atom is -0.497 e. The number of hydrogen-bond acceptors (Lipinski definition) is 17. The van der Waals surface area contributed by atoms with Crippen LogP contribution in [0.5, 0.6) is 11.5 Å². The summed E-state index contributed by atoms with van der Waals surface area (Å²) < 4.78 is 61.0. The second-order valence-corrected chi connectivity index (χ2v) is 13.8. The first kappa shape index (κ1) is 42.7. The number of nitrogens with zero attached hydrogens (tertiary/aromatic N) is 1. The predicted molar refractivity (Wildman–Crippen MR) is 202 cm³/mol. The number of para-hydroxylation sites is 1. The molecule has 0 aromatic heterocycles. The lowest BCUT2D eigenvalue weighted by molar-refractivity contribution is -0.384. The molecule has 19 nitrogen and oxygen atoms in total. The molecule has 3 heterocycles. The van der Waals surface area contributed by atoms with Gasteiger partial charge in [0, 0.05) is 51.1 Å². The van der Waals surface area contributed by atoms with E-state index < -0.39 is 103 Å². The fraction of sp³-hybridized carbons (Fsp3) is 0.450. The van der Waals surface area contributed by atoms with Gasteiger partial charge in [-0.2, -0.15) is 0 Å². The maximum atomic E-state index is 13.0. The molecule has 2 N–H and O–H groups in total. The highest BCUT2D eigenvalue weighted by atomic mass is 16.8. The van der Waals surface area contributed by atoms with Gasteiger partial charge in [-0.1, -0.05) is 30.3 Å². The number of anilines is 1. The van der Waals surface area contributed by atoms with Crippen LogP contribution in [0.4, 0.5) is 11.4 Å². The quantitative estimate of drug-likeness (QED) is 0.103. The minimum absolute atomic E-state index is 0.0506. The summed E-state index contributed by atoms with van der Waals surface area (Å²) in [5, 5.41) is 17.5. The van der Waals surface area contributed by atoms with Gasteiger partial charge in [0.15, 0.2) is 24.8 Å². The third-order valence-electron chi connectivity index (χ3n) is 9.50. The molecule has 0 aliphatic carbocycles. The zero-order chi connectivity index (χ0) is 42.2. The van der Waals surface area contributed by atoms with Gasteiger partial charge in [0.25, 0.3) is 5.69 Å². The van der Waals surface area contributed by atoms with Crippen molar-refractivity contribution in [1.29, 1.82) is 0 Å². The number of rotatable bonds is 14. The Morgan fingerprint density at radius 3 is 2.03 bits per heavy atom. The molecule has 0 radical (unpaired) electrons. The monoisotopic (exact) mass is 823 g/mol. The number of carbonyl (C=O) groups is 4. The van der Waals surface area contributed by atoms with Gasteiger partial charge in [0.05, 0.1) is 18.6 Å². The summed E-state index contributed by atoms with van der Waals surface area (Å²) in [6.45, 7) is 4.33. The Hall–Kier alpha value is -5.86. The molecule has 316 valence electrons. The van der Waals surface area contributed by atoms with Crippen molar-refractivity contribution in [3.8, 4) is 11.5 Å². The van der Waals surface area contributed by atoms with Crippen LogP contribution in [-0.2, 0) is 57.1 Å². The maximum Gasteiger partial charge on any atom is 0.303 e. The van der Waals surface area contributed by atoms with E-state index in [2.05, 4.69) is 10.6 Å². The summed E-state index contributed by atoms with van der Waals surface area (Å²) in [6, 6.07) is 18.8. The Bertz CT molecular complexity index is 1930. The maximum absolute atomic E-state index is 13.0. The van der Waals surface area contributed by atoms with Crippen molar-refractivity contribution in [2.75, 3.05) is 25.6 Å². The van der Waals surface area contributed by atoms with Gasteiger partial charge in [0.1, 0.15) is 54.6 Å². The second-order valence-electron chi connectivity index (χ2n) is 13.8. The highest BCUT2D eigenvalue weighted by Gasteiger charge is 2.57. The summed E-state index contributed by atoms with van der Waals surface area (Å²) in [7, 11) is 1.54. The number of methoxy groups -OCH3 is 1. The summed E-state index contributed by atoms with van der Waals surface area (Å²) in [4.78, 5) is 61.1. The van der Waals surface area contributed by atoms with Crippen molar-refractivity contribution in [3.63, 3.8) is 0 Å². The minimum atomic E-state index is -1.43. The lowest BCUT2D eigenvalue weighted by atomic mass is 9.93. The van der Waals surface area contributed by atoms with E-state index in [1.54, 1.807) is 54.6 Å². The molecule has 0 saturated carbocycles. The molecule has 59 heavy (non-hydrogen) atoms. The van der Waals surface area contributed by atoms with E-state index in [4.69, 9.17) is 47.4 Å². The fourth-order valence-corrected chi connectivity index (χ4v) is 6.99. The lowest BCUT2D eigenvalue weighted by Gasteiger charge is -2.51. The van der Waals surface area contributed by atoms with Crippen LogP contribution >= 0.6 is 0 Å². The van der Waals surface area contributed by atoms with E-state index in [-0.39, 0.29) is 18.0 Å². The number of amides is 1. The SMILES string of the molecule is COc1ccc(C2OC[C@H]3O[C@H](Oc4ccc([N+](=O)[O-])cc4)[C@H](NC(C)=O)[C@@H](O[C@H]4O[C@@H](COC(C)=O)[C@H](OC(C)=O)[C@@H](OC(C)=O)[C@@H]4Nc4ccccc4)[C@H]3O2)cc1. The number of esters is 3. The Morgan fingerprint density at radius 2 is 1.42 bits per heavy atom. The second kappa shape index (κ2) is 19.3. The van der Waals surface area contributed by atoms with Gasteiger partial charge in [-0.05, 0) is 36.4 Å². The van der Waals surface area contributed by atoms with E-state index in [0.29, 0.717) is 17.0 Å². The van der Waals surface area contributed by atoms with Crippen molar-refractivity contribution in [2.24, 2.45) is 0 Å². The molecule has 0 bridgehead atoms. The number of fused-ring (bicyclic) bond motifs is 1. The molecule has 1 unspecified atom stereocenters. The largest absolute Gasteiger partial charge is 0.497 e. The van der Waals surface area contributed by atoms with Gasteiger partial charge < -0.3 is 58.0 Å². The number of nitro benzene ring substituents is 1. The summed E-state index contributed by atoms with van der Waals surface area (Å²) in [6.07, 6.45) is -10.7. The van der Waals surface area contributed by atoms with Crippen LogP contribution in [0.15, 0.2) is 78.9 Å². The number of nitrogens with one attached hydrogen (secondary N) is 2. The first-order chi connectivity index (χ1) is 28.3. The zero-order valence-corrected chi connectivity index (χ0v) is 32.7. The Morgan fingerprint density at radius 1 is 0.763 bits per heavy atom. The van der Waals surface area contributed by atoms with Crippen molar-refractivity contribution in [3.05, 3.63) is 94.5 Å². The summed E-state index contributed by atoms with van der Waals surface area (Å²) in [5.41, 5.74) is 0.988. The normalized spacial score (nSPS) is 28.8. The first-order valence-corrected chi connectivity index (χ1v) is 18.6. The topological polar surface area (TPSA) is 228 Å². The third-order valence-corrected chi connectivity index (χ3v) is 9.50. The number of ether oxygens (including phenoxy) is 10. The van der Waals surface area contributed by atoms with Gasteiger partial charge >= 0.3 is 17.9 Å². The summed E-state index contributed by atoms with van der Waals surface area (Å²) in [5.74, 6) is -1.86. The fourth-order valence-electron chi connectivity index (χ4n) is 6.99. The van der Waals surface area contributed by atoms with Crippen LogP contribution in [0.1, 0.15) is 39.5 Å². The van der Waals surface area contributed by atoms with Crippen molar-refractivity contribution in [2.45, 2.75) is 95.3 Å². The highest BCUT2D eigenvalue weighted by molar-refractivity contribution is 5.73. The van der Waals surface area contributed by atoms with Crippen LogP contribution in [0.3, 0.4) is 0 Å². The Labute approximate surface area is 338 Å². The molecule has 3 fully saturated rings. The Balaban J connectivity index is 1.43. The van der Waals surface area contributed by atoms with Gasteiger partial charge in [-0.15, -0.1) is 0 Å². The molecular weight excluding hydrogens is 778 g/mol. The number of nitro groups is 1. The predicted octanol–water partition coefficient (Wildman–Crippen LogP) is 3.34. The van der Waals surface area contributed by atoms with E-state index in [1.807, 2.05) is 0 Å². The molecule has 11 atom stereocenters. The molecule has 0 spiro atoms. The molecular formula is C40H45N3O16. The van der Waals surface area contributed by atoms with Gasteiger partial charge in [0.2, 0.25) is 12.2 Å². The smallest absolute Gasteiger partial charge is 0.303 e. The molecule has 6 rings (SSSR count). The molecule has 3 saturated heterocycles. The zero-order valence-electron chi connectivity index (χ0n) is 32.7. The molecule has 3 aliphatic rings. The van der Waals surface area contributed by atoms with Crippen LogP contribution in [-0.4, -0.2) is 110 Å². The Kier molecular flexibility index (Phi) is 14.0. The number of carbonyl (C=O) groups excluding carboxylic acids is 4. The molecule has 1 amide bonds. The first-order valence-electron chi connectivity index (χ1n) is 18.6. The van der Waals surface area contributed by atoms with E-state index in [0.717, 1.165) is 0 Å². The van der Waals surface area contributed by atoms with Crippen LogP contribution in [0.25, 0.3) is 0 Å². The molecule has 3 aromatic carbocycles. The summed E-state index contributed by atoms with van der Waals surface area (Å²) >= 11 is 0. The van der Waals surface area contributed by atoms with Gasteiger partial charge in [-0.25, -0.2) is 0 Å². The number of benzene rings is 3. The van der Waals surface area contributed by atoms with E-state index in [9.17, 15) is 29.3 Å². The van der Waals surface area contributed by atoms with Crippen molar-refractivity contribution in [1.82, 2.24) is 5.32 Å². The lowest BCUT2D eigenvalue weighted by Crippen LogP contribution is -2.71. The standard InChI is InChI=1S/C40H45N3O16/c1-21(44)41-32-37(59-40-33(42-26-9-7-6-8-10-26)36(54-24(4)47)34(53-23(3)46)30(57-40)19-51-22(2)45)35-31(20-52-38(58-35)25-11-15-28(50-5)16-12-25)56-39(32)55-29-17-13-27(14-18-29)43(48)49/h6-18,30-40,42H,19-20H2,1-5H3,(H,41,44)/t30-,31+,32+,33-,34-,35-,36-,37+,38?,39-,40+/m0/s1. The van der Waals surface area contributed by atoms with Crippen LogP contribution in [0.2, 0.25) is 0 Å². The molecule has 3 aliphatic heterocycles. The molecule has 19 heteroatoms. The van der Waals surface area contributed by atoms with Crippen molar-refractivity contribution >= 4 is 35.2 Å². The molecule has 3 aromatic rings. The van der Waals surface area contributed by atoms with Crippen LogP contribution in [0, 0.1) is 10.1 Å². The van der Waals surface area contributed by atoms with Gasteiger partial charge in [-0.3, -0.25) is 29.3 Å². The van der Waals surface area contributed by atoms with E-state index in [1.165, 1.54) is 59.1 Å². The van der Waals surface area contributed by atoms with Crippen LogP contribution < -0.4 is 20.1 Å². The average molecular weight is 824 g/mol. The average Bonchev–Trinajstić information content (AvgIpc) is 3.20.